The molecule has 0 saturated heterocycles. The van der Waals surface area contributed by atoms with E-state index in [4.69, 9.17) is 11.6 Å². The van der Waals surface area contributed by atoms with Crippen LogP contribution in [0.25, 0.3) is 11.1 Å². The molecule has 0 saturated carbocycles. The summed E-state index contributed by atoms with van der Waals surface area (Å²) in [7, 11) is 2.05. The second kappa shape index (κ2) is 6.61. The molecule has 2 aromatic heterocycles. The zero-order valence-corrected chi connectivity index (χ0v) is 14.6. The van der Waals surface area contributed by atoms with Crippen LogP contribution in [0.1, 0.15) is 17.2 Å². The quantitative estimate of drug-likeness (QED) is 0.498. The average molecular weight is 348 g/mol. The van der Waals surface area contributed by atoms with Gasteiger partial charge in [-0.1, -0.05) is 54.1 Å². The maximum atomic E-state index is 6.07. The Kier molecular flexibility index (Phi) is 4.16. The second-order valence-corrected chi connectivity index (χ2v) is 6.56. The molecular weight excluding hydrogens is 330 g/mol. The summed E-state index contributed by atoms with van der Waals surface area (Å²) in [6, 6.07) is 18.6. The molecule has 124 valence electrons. The zero-order valence-electron chi connectivity index (χ0n) is 13.9. The predicted octanol–water partition coefficient (Wildman–Crippen LogP) is 5.18. The number of hydrogen-bond donors (Lipinski definition) is 0. The number of aromatic nitrogens is 3. The van der Waals surface area contributed by atoms with E-state index in [1.54, 1.807) is 0 Å². The first-order valence-corrected chi connectivity index (χ1v) is 8.54. The van der Waals surface area contributed by atoms with E-state index in [1.165, 1.54) is 16.7 Å². The minimum absolute atomic E-state index is 0.0654. The van der Waals surface area contributed by atoms with Gasteiger partial charge in [0.2, 0.25) is 0 Å². The number of benzene rings is 2. The summed E-state index contributed by atoms with van der Waals surface area (Å²) in [6.45, 7) is 0. The largest absolute Gasteiger partial charge is 0.356 e. The Balaban J connectivity index is 1.90. The summed E-state index contributed by atoms with van der Waals surface area (Å²) >= 11 is 6.07. The van der Waals surface area contributed by atoms with Gasteiger partial charge in [-0.05, 0) is 23.3 Å². The van der Waals surface area contributed by atoms with Gasteiger partial charge in [0.05, 0.1) is 12.4 Å². The van der Waals surface area contributed by atoms with Gasteiger partial charge in [0.25, 0.3) is 0 Å². The van der Waals surface area contributed by atoms with Crippen molar-refractivity contribution in [3.8, 4) is 11.1 Å². The minimum atomic E-state index is 0.0654. The molecule has 0 amide bonds. The van der Waals surface area contributed by atoms with Crippen LogP contribution in [0.15, 0.2) is 85.7 Å². The molecule has 1 unspecified atom stereocenters. The predicted molar refractivity (Wildman–Crippen MR) is 102 cm³/mol. The zero-order chi connectivity index (χ0) is 17.2. The third kappa shape index (κ3) is 3.11. The molecule has 2 aromatic carbocycles. The van der Waals surface area contributed by atoms with Crippen molar-refractivity contribution in [3.05, 3.63) is 102 Å². The number of nitrogens with zero attached hydrogens (tertiary/aromatic N) is 3. The Hall–Kier alpha value is -2.78. The Morgan fingerprint density at radius 3 is 2.40 bits per heavy atom. The highest BCUT2D eigenvalue weighted by Gasteiger charge is 2.21. The SMILES string of the molecule is Cn1cc(-c2ccc(Cl)cc2)c(C(c2ccccc2)n2ccnc2)c1. The Bertz CT molecular complexity index is 954. The summed E-state index contributed by atoms with van der Waals surface area (Å²) in [5, 5.41) is 0.746. The van der Waals surface area contributed by atoms with Crippen molar-refractivity contribution < 1.29 is 0 Å². The first kappa shape index (κ1) is 15.7. The summed E-state index contributed by atoms with van der Waals surface area (Å²) in [4.78, 5) is 4.25. The van der Waals surface area contributed by atoms with Crippen LogP contribution in [0.5, 0.6) is 0 Å². The fourth-order valence-electron chi connectivity index (χ4n) is 3.26. The molecule has 0 N–H and O–H groups in total. The second-order valence-electron chi connectivity index (χ2n) is 6.12. The Labute approximate surface area is 152 Å². The lowest BCUT2D eigenvalue weighted by molar-refractivity contribution is 0.676. The highest BCUT2D eigenvalue weighted by atomic mass is 35.5. The van der Waals surface area contributed by atoms with E-state index in [1.807, 2.05) is 36.9 Å². The van der Waals surface area contributed by atoms with Gasteiger partial charge in [0, 0.05) is 48.0 Å². The Morgan fingerprint density at radius 1 is 0.960 bits per heavy atom. The maximum absolute atomic E-state index is 6.07. The fourth-order valence-corrected chi connectivity index (χ4v) is 3.39. The maximum Gasteiger partial charge on any atom is 0.0954 e. The monoisotopic (exact) mass is 347 g/mol. The third-order valence-corrected chi connectivity index (χ3v) is 4.63. The summed E-state index contributed by atoms with van der Waals surface area (Å²) in [5.41, 5.74) is 4.80. The average Bonchev–Trinajstić information content (AvgIpc) is 3.28. The topological polar surface area (TPSA) is 22.8 Å². The van der Waals surface area contributed by atoms with E-state index in [9.17, 15) is 0 Å². The van der Waals surface area contributed by atoms with Crippen LogP contribution in [-0.2, 0) is 7.05 Å². The molecular formula is C21H18ClN3. The first-order chi connectivity index (χ1) is 12.2. The third-order valence-electron chi connectivity index (χ3n) is 4.37. The van der Waals surface area contributed by atoms with Crippen molar-refractivity contribution in [3.63, 3.8) is 0 Å². The van der Waals surface area contributed by atoms with E-state index in [0.29, 0.717) is 0 Å². The minimum Gasteiger partial charge on any atom is -0.356 e. The number of hydrogen-bond acceptors (Lipinski definition) is 1. The van der Waals surface area contributed by atoms with Gasteiger partial charge in [-0.3, -0.25) is 0 Å². The molecule has 25 heavy (non-hydrogen) atoms. The van der Waals surface area contributed by atoms with Gasteiger partial charge in [0.15, 0.2) is 0 Å². The van der Waals surface area contributed by atoms with Crippen molar-refractivity contribution in [1.82, 2.24) is 14.1 Å². The van der Waals surface area contributed by atoms with Crippen molar-refractivity contribution >= 4 is 11.6 Å². The lowest BCUT2D eigenvalue weighted by atomic mass is 9.94. The molecule has 0 radical (unpaired) electrons. The number of aryl methyl sites for hydroxylation is 1. The standard InChI is InChI=1S/C21H18ClN3/c1-24-13-19(16-7-9-18(22)10-8-16)20(14-24)21(25-12-11-23-15-25)17-5-3-2-4-6-17/h2-15,21H,1H3. The van der Waals surface area contributed by atoms with E-state index < -0.39 is 0 Å². The smallest absolute Gasteiger partial charge is 0.0954 e. The van der Waals surface area contributed by atoms with Gasteiger partial charge in [-0.25, -0.2) is 4.98 Å². The van der Waals surface area contributed by atoms with Crippen LogP contribution in [0.2, 0.25) is 5.02 Å². The van der Waals surface area contributed by atoms with Gasteiger partial charge in [0.1, 0.15) is 0 Å². The molecule has 0 aliphatic carbocycles. The lowest BCUT2D eigenvalue weighted by Crippen LogP contribution is -2.10. The van der Waals surface area contributed by atoms with Crippen molar-refractivity contribution in [2.75, 3.05) is 0 Å². The van der Waals surface area contributed by atoms with Crippen molar-refractivity contribution in [2.24, 2.45) is 7.05 Å². The van der Waals surface area contributed by atoms with E-state index >= 15 is 0 Å². The normalized spacial score (nSPS) is 12.2. The molecule has 4 rings (SSSR count). The molecule has 0 fully saturated rings. The van der Waals surface area contributed by atoms with Crippen LogP contribution >= 0.6 is 11.6 Å². The van der Waals surface area contributed by atoms with Gasteiger partial charge >= 0.3 is 0 Å². The highest BCUT2D eigenvalue weighted by molar-refractivity contribution is 6.30. The lowest BCUT2D eigenvalue weighted by Gasteiger charge is -2.20. The van der Waals surface area contributed by atoms with Crippen LogP contribution in [0.3, 0.4) is 0 Å². The molecule has 0 aliphatic rings. The summed E-state index contributed by atoms with van der Waals surface area (Å²) < 4.78 is 4.25. The van der Waals surface area contributed by atoms with Crippen molar-refractivity contribution in [2.45, 2.75) is 6.04 Å². The molecule has 2 heterocycles. The van der Waals surface area contributed by atoms with Crippen LogP contribution in [0, 0.1) is 0 Å². The molecule has 1 atom stereocenters. The summed E-state index contributed by atoms with van der Waals surface area (Å²) in [6.07, 6.45) is 10.0. The molecule has 0 aliphatic heterocycles. The fraction of sp³-hybridized carbons (Fsp3) is 0.0952. The van der Waals surface area contributed by atoms with Crippen LogP contribution in [-0.4, -0.2) is 14.1 Å². The molecule has 0 bridgehead atoms. The number of halogens is 1. The molecule has 4 aromatic rings. The molecule has 0 spiro atoms. The van der Waals surface area contributed by atoms with E-state index in [2.05, 4.69) is 70.0 Å². The first-order valence-electron chi connectivity index (χ1n) is 8.16. The van der Waals surface area contributed by atoms with E-state index in [0.717, 1.165) is 10.6 Å². The number of imidazole rings is 1. The summed E-state index contributed by atoms with van der Waals surface area (Å²) in [5.74, 6) is 0. The molecule has 3 nitrogen and oxygen atoms in total. The Morgan fingerprint density at radius 2 is 1.72 bits per heavy atom. The van der Waals surface area contributed by atoms with Crippen LogP contribution < -0.4 is 0 Å². The van der Waals surface area contributed by atoms with E-state index in [-0.39, 0.29) is 6.04 Å². The van der Waals surface area contributed by atoms with Gasteiger partial charge in [-0.15, -0.1) is 0 Å². The molecule has 4 heteroatoms. The number of rotatable bonds is 4. The highest BCUT2D eigenvalue weighted by Crippen LogP contribution is 2.35. The van der Waals surface area contributed by atoms with Crippen LogP contribution in [0.4, 0.5) is 0 Å². The van der Waals surface area contributed by atoms with Gasteiger partial charge in [-0.2, -0.15) is 0 Å². The van der Waals surface area contributed by atoms with Crippen molar-refractivity contribution in [1.29, 1.82) is 0 Å². The van der Waals surface area contributed by atoms with Gasteiger partial charge < -0.3 is 9.13 Å².